The standard InChI is InChI=1S/C40H74N6O4/c1-12-14-23-44(24-15-13-2)25-19-22-41-36(47)32-21-18-27-46(32)38(49)31(7)28-34(29(3)4)43(11)39(50)35(40(8,9)10)42-37(48)33-20-16-17-26-45(33)30(5)6/h28-30,32-35H,12-27H2,1-11H3,(H,41,47)(H,42,48)/t32-,33+,34+,35+/m0/s1. The summed E-state index contributed by atoms with van der Waals surface area (Å²) in [6.07, 6.45) is 11.8. The predicted octanol–water partition coefficient (Wildman–Crippen LogP) is 5.61. The van der Waals surface area contributed by atoms with Gasteiger partial charge in [0.2, 0.25) is 23.6 Å². The maximum absolute atomic E-state index is 14.2. The smallest absolute Gasteiger partial charge is 0.249 e. The Kier molecular flexibility index (Phi) is 18.5. The van der Waals surface area contributed by atoms with Gasteiger partial charge in [-0.1, -0.05) is 73.8 Å². The van der Waals surface area contributed by atoms with Gasteiger partial charge in [0.1, 0.15) is 12.1 Å². The summed E-state index contributed by atoms with van der Waals surface area (Å²) in [5.74, 6) is -0.486. The Bertz CT molecular complexity index is 1110. The van der Waals surface area contributed by atoms with Gasteiger partial charge in [0, 0.05) is 31.8 Å². The molecule has 50 heavy (non-hydrogen) atoms. The van der Waals surface area contributed by atoms with E-state index in [9.17, 15) is 19.2 Å². The second-order valence-electron chi connectivity index (χ2n) is 16.5. The van der Waals surface area contributed by atoms with Crippen molar-refractivity contribution in [1.82, 2.24) is 30.2 Å². The number of carbonyl (C=O) groups excluding carboxylic acids is 4. The number of nitrogens with one attached hydrogen (secondary N) is 2. The Morgan fingerprint density at radius 2 is 1.44 bits per heavy atom. The summed E-state index contributed by atoms with van der Waals surface area (Å²) in [4.78, 5) is 63.1. The average Bonchev–Trinajstić information content (AvgIpc) is 3.57. The van der Waals surface area contributed by atoms with Crippen LogP contribution in [-0.4, -0.2) is 120 Å². The number of hydrogen-bond acceptors (Lipinski definition) is 6. The Labute approximate surface area is 305 Å². The summed E-state index contributed by atoms with van der Waals surface area (Å²) >= 11 is 0. The molecule has 2 aliphatic rings. The second kappa shape index (κ2) is 21.2. The first kappa shape index (κ1) is 43.7. The van der Waals surface area contributed by atoms with Gasteiger partial charge in [-0.05, 0) is 103 Å². The van der Waals surface area contributed by atoms with E-state index >= 15 is 0 Å². The molecule has 0 aromatic carbocycles. The maximum Gasteiger partial charge on any atom is 0.249 e. The van der Waals surface area contributed by atoms with Crippen molar-refractivity contribution in [3.63, 3.8) is 0 Å². The third-order valence-corrected chi connectivity index (χ3v) is 10.6. The maximum atomic E-state index is 14.2. The van der Waals surface area contributed by atoms with E-state index in [1.165, 1.54) is 25.7 Å². The molecule has 2 N–H and O–H groups in total. The van der Waals surface area contributed by atoms with E-state index in [-0.39, 0.29) is 47.7 Å². The van der Waals surface area contributed by atoms with Crippen LogP contribution >= 0.6 is 0 Å². The summed E-state index contributed by atoms with van der Waals surface area (Å²) < 4.78 is 0. The molecule has 0 bridgehead atoms. The van der Waals surface area contributed by atoms with Crippen molar-refractivity contribution in [3.05, 3.63) is 11.6 Å². The first-order valence-corrected chi connectivity index (χ1v) is 19.9. The van der Waals surface area contributed by atoms with Crippen molar-refractivity contribution in [1.29, 1.82) is 0 Å². The number of amides is 4. The van der Waals surface area contributed by atoms with Crippen LogP contribution < -0.4 is 10.6 Å². The highest BCUT2D eigenvalue weighted by molar-refractivity contribution is 5.97. The molecule has 10 nitrogen and oxygen atoms in total. The SMILES string of the molecule is CCCCN(CCCC)CCCNC(=O)[C@@H]1CCCN1C(=O)C(C)=C[C@H](C(C)C)N(C)C(=O)[C@@H](NC(=O)[C@H]1CCCCN1C(C)C)C(C)(C)C. The van der Waals surface area contributed by atoms with Crippen LogP contribution in [0.4, 0.5) is 0 Å². The number of likely N-dealkylation sites (tertiary alicyclic amines) is 2. The predicted molar refractivity (Wildman–Crippen MR) is 205 cm³/mol. The molecule has 0 aliphatic carbocycles. The van der Waals surface area contributed by atoms with Gasteiger partial charge in [0.15, 0.2) is 0 Å². The molecule has 2 saturated heterocycles. The third-order valence-electron chi connectivity index (χ3n) is 10.6. The van der Waals surface area contributed by atoms with Crippen LogP contribution in [0.15, 0.2) is 11.6 Å². The normalized spacial score (nSPS) is 20.4. The fourth-order valence-electron chi connectivity index (χ4n) is 7.41. The molecule has 2 heterocycles. The van der Waals surface area contributed by atoms with Crippen LogP contribution in [0.1, 0.15) is 133 Å². The highest BCUT2D eigenvalue weighted by Gasteiger charge is 2.40. The largest absolute Gasteiger partial charge is 0.354 e. The van der Waals surface area contributed by atoms with E-state index in [0.717, 1.165) is 58.3 Å². The summed E-state index contributed by atoms with van der Waals surface area (Å²) in [5, 5.41) is 6.27. The lowest BCUT2D eigenvalue weighted by atomic mass is 9.84. The van der Waals surface area contributed by atoms with Crippen molar-refractivity contribution in [2.24, 2.45) is 11.3 Å². The van der Waals surface area contributed by atoms with E-state index in [0.29, 0.717) is 25.1 Å². The van der Waals surface area contributed by atoms with Gasteiger partial charge in [-0.25, -0.2) is 0 Å². The Hall–Kier alpha value is -2.46. The van der Waals surface area contributed by atoms with E-state index in [1.807, 2.05) is 40.7 Å². The monoisotopic (exact) mass is 703 g/mol. The lowest BCUT2D eigenvalue weighted by Gasteiger charge is -2.41. The minimum absolute atomic E-state index is 0.0182. The summed E-state index contributed by atoms with van der Waals surface area (Å²) in [6, 6.07) is -1.57. The molecule has 0 saturated carbocycles. The van der Waals surface area contributed by atoms with Crippen molar-refractivity contribution < 1.29 is 19.2 Å². The molecule has 0 spiro atoms. The molecule has 0 aromatic rings. The number of piperidine rings is 1. The highest BCUT2D eigenvalue weighted by atomic mass is 16.2. The average molecular weight is 703 g/mol. The van der Waals surface area contributed by atoms with Gasteiger partial charge < -0.3 is 25.3 Å². The molecule has 2 fully saturated rings. The molecule has 4 atom stereocenters. The Morgan fingerprint density at radius 1 is 0.840 bits per heavy atom. The minimum Gasteiger partial charge on any atom is -0.354 e. The zero-order valence-corrected chi connectivity index (χ0v) is 33.8. The van der Waals surface area contributed by atoms with Crippen LogP contribution in [0.25, 0.3) is 0 Å². The Morgan fingerprint density at radius 3 is 2.00 bits per heavy atom. The molecule has 0 radical (unpaired) electrons. The number of rotatable bonds is 19. The van der Waals surface area contributed by atoms with Crippen LogP contribution in [0.2, 0.25) is 0 Å². The van der Waals surface area contributed by atoms with E-state index in [1.54, 1.807) is 23.8 Å². The molecular formula is C40H74N6O4. The fraction of sp³-hybridized carbons (Fsp3) is 0.850. The molecule has 288 valence electrons. The first-order valence-electron chi connectivity index (χ1n) is 19.9. The number of carbonyl (C=O) groups is 4. The van der Waals surface area contributed by atoms with Gasteiger partial charge in [0.25, 0.3) is 0 Å². The molecule has 0 unspecified atom stereocenters. The molecule has 10 heteroatoms. The molecule has 2 aliphatic heterocycles. The topological polar surface area (TPSA) is 105 Å². The second-order valence-corrected chi connectivity index (χ2v) is 16.5. The minimum atomic E-state index is -0.723. The number of nitrogens with zero attached hydrogens (tertiary/aromatic N) is 4. The number of hydrogen-bond donors (Lipinski definition) is 2. The fourth-order valence-corrected chi connectivity index (χ4v) is 7.41. The van der Waals surface area contributed by atoms with Crippen molar-refractivity contribution in [2.75, 3.05) is 46.3 Å². The van der Waals surface area contributed by atoms with Crippen molar-refractivity contribution in [2.45, 2.75) is 164 Å². The van der Waals surface area contributed by atoms with Gasteiger partial charge in [-0.3, -0.25) is 24.1 Å². The van der Waals surface area contributed by atoms with Crippen LogP contribution in [-0.2, 0) is 19.2 Å². The summed E-state index contributed by atoms with van der Waals surface area (Å²) in [6.45, 7) is 25.6. The summed E-state index contributed by atoms with van der Waals surface area (Å²) in [5.41, 5.74) is 0.00472. The van der Waals surface area contributed by atoms with Crippen molar-refractivity contribution >= 4 is 23.6 Å². The van der Waals surface area contributed by atoms with Crippen LogP contribution in [0, 0.1) is 11.3 Å². The zero-order valence-electron chi connectivity index (χ0n) is 33.8. The summed E-state index contributed by atoms with van der Waals surface area (Å²) in [7, 11) is 1.77. The van der Waals surface area contributed by atoms with Gasteiger partial charge in [-0.2, -0.15) is 0 Å². The molecule has 2 rings (SSSR count). The van der Waals surface area contributed by atoms with Crippen molar-refractivity contribution in [3.8, 4) is 0 Å². The van der Waals surface area contributed by atoms with Crippen LogP contribution in [0.3, 0.4) is 0 Å². The third kappa shape index (κ3) is 12.9. The highest BCUT2D eigenvalue weighted by Crippen LogP contribution is 2.27. The number of unbranched alkanes of at least 4 members (excludes halogenated alkanes) is 2. The van der Waals surface area contributed by atoms with Crippen LogP contribution in [0.5, 0.6) is 0 Å². The Balaban J connectivity index is 2.12. The lowest BCUT2D eigenvalue weighted by Crippen LogP contribution is -2.60. The molecule has 4 amide bonds. The van der Waals surface area contributed by atoms with E-state index < -0.39 is 17.5 Å². The molecular weight excluding hydrogens is 628 g/mol. The van der Waals surface area contributed by atoms with Gasteiger partial charge in [0.05, 0.1) is 12.1 Å². The number of likely N-dealkylation sites (N-methyl/N-ethyl adjacent to an activating group) is 1. The zero-order chi connectivity index (χ0) is 37.6. The quantitative estimate of drug-likeness (QED) is 0.134. The van der Waals surface area contributed by atoms with E-state index in [2.05, 4.69) is 48.1 Å². The molecule has 0 aromatic heterocycles. The van der Waals surface area contributed by atoms with Gasteiger partial charge in [-0.15, -0.1) is 0 Å². The van der Waals surface area contributed by atoms with E-state index in [4.69, 9.17) is 0 Å². The lowest BCUT2D eigenvalue weighted by molar-refractivity contribution is -0.142. The first-order chi connectivity index (χ1) is 23.5. The van der Waals surface area contributed by atoms with Gasteiger partial charge >= 0.3 is 0 Å².